The molecule has 10 heteroatoms. The van der Waals surface area contributed by atoms with Crippen LogP contribution in [-0.2, 0) is 35.2 Å². The first-order valence-electron chi connectivity index (χ1n) is 11.7. The highest BCUT2D eigenvalue weighted by Crippen LogP contribution is 2.19. The lowest BCUT2D eigenvalue weighted by Crippen LogP contribution is -2.09. The van der Waals surface area contributed by atoms with Crippen LogP contribution in [0.4, 0.5) is 4.39 Å². The van der Waals surface area contributed by atoms with E-state index in [2.05, 4.69) is 25.9 Å². The number of hydrogen-bond donors (Lipinski definition) is 0. The number of aromatic nitrogens is 3. The minimum Gasteiger partial charge on any atom is -0.487 e. The second-order valence-electron chi connectivity index (χ2n) is 8.67. The summed E-state index contributed by atoms with van der Waals surface area (Å²) in [6.07, 6.45) is 12.2. The van der Waals surface area contributed by atoms with E-state index in [1.54, 1.807) is 30.5 Å². The molecule has 0 spiro atoms. The Kier molecular flexibility index (Phi) is 8.94. The SMILES string of the molecule is CS(=O)(=O)Cc1nccn1CCCCc1ccc(OCc2coc(C=Cc3ccc(Br)cc3F)n2)cc1. The Morgan fingerprint density at radius 3 is 2.70 bits per heavy atom. The third-order valence-electron chi connectivity index (χ3n) is 5.56. The first kappa shape index (κ1) is 26.8. The van der Waals surface area contributed by atoms with Crippen LogP contribution in [0.15, 0.2) is 70.0 Å². The van der Waals surface area contributed by atoms with Gasteiger partial charge in [0.05, 0.1) is 0 Å². The lowest BCUT2D eigenvalue weighted by Gasteiger charge is -2.08. The van der Waals surface area contributed by atoms with Crippen LogP contribution in [0.2, 0.25) is 0 Å². The average Bonchev–Trinajstić information content (AvgIpc) is 3.49. The molecule has 0 saturated carbocycles. The molecule has 0 saturated heterocycles. The second-order valence-corrected chi connectivity index (χ2v) is 11.7. The summed E-state index contributed by atoms with van der Waals surface area (Å²) < 4.78 is 50.8. The fraction of sp³-hybridized carbons (Fsp3) is 0.259. The number of imidazole rings is 1. The summed E-state index contributed by atoms with van der Waals surface area (Å²) >= 11 is 3.24. The zero-order chi connectivity index (χ0) is 26.3. The van der Waals surface area contributed by atoms with Gasteiger partial charge in [0.1, 0.15) is 41.7 Å². The number of rotatable bonds is 12. The lowest BCUT2D eigenvalue weighted by atomic mass is 10.1. The number of halogens is 2. The minimum absolute atomic E-state index is 0.0419. The number of oxazole rings is 1. The Morgan fingerprint density at radius 2 is 1.95 bits per heavy atom. The van der Waals surface area contributed by atoms with E-state index in [9.17, 15) is 12.8 Å². The van der Waals surface area contributed by atoms with Crippen molar-refractivity contribution in [2.24, 2.45) is 0 Å². The number of benzene rings is 2. The van der Waals surface area contributed by atoms with Gasteiger partial charge < -0.3 is 13.7 Å². The molecule has 7 nitrogen and oxygen atoms in total. The zero-order valence-electron chi connectivity index (χ0n) is 20.3. The van der Waals surface area contributed by atoms with E-state index in [4.69, 9.17) is 9.15 Å². The summed E-state index contributed by atoms with van der Waals surface area (Å²) in [5, 5.41) is 0. The predicted molar refractivity (Wildman–Crippen MR) is 144 cm³/mol. The van der Waals surface area contributed by atoms with Gasteiger partial charge >= 0.3 is 0 Å². The maximum atomic E-state index is 13.9. The summed E-state index contributed by atoms with van der Waals surface area (Å²) in [6, 6.07) is 12.8. The highest BCUT2D eigenvalue weighted by molar-refractivity contribution is 9.10. The van der Waals surface area contributed by atoms with Crippen LogP contribution < -0.4 is 4.74 Å². The molecule has 2 aromatic heterocycles. The fourth-order valence-corrected chi connectivity index (χ4v) is 4.74. The number of nitrogens with zero attached hydrogens (tertiary/aromatic N) is 3. The van der Waals surface area contributed by atoms with Crippen molar-refractivity contribution < 1.29 is 22.0 Å². The Balaban J connectivity index is 1.20. The maximum Gasteiger partial charge on any atom is 0.218 e. The van der Waals surface area contributed by atoms with Gasteiger partial charge in [0, 0.05) is 41.3 Å². The summed E-state index contributed by atoms with van der Waals surface area (Å²) in [4.78, 5) is 8.51. The van der Waals surface area contributed by atoms with Crippen molar-refractivity contribution in [1.82, 2.24) is 14.5 Å². The molecule has 0 amide bonds. The molecule has 4 rings (SSSR count). The third-order valence-corrected chi connectivity index (χ3v) is 6.83. The molecule has 37 heavy (non-hydrogen) atoms. The number of aryl methyl sites for hydroxylation is 2. The Hall–Kier alpha value is -3.24. The number of sulfone groups is 1. The van der Waals surface area contributed by atoms with E-state index in [-0.39, 0.29) is 18.2 Å². The summed E-state index contributed by atoms with van der Waals surface area (Å²) in [5.41, 5.74) is 2.27. The smallest absolute Gasteiger partial charge is 0.218 e. The van der Waals surface area contributed by atoms with E-state index >= 15 is 0 Å². The molecule has 0 aliphatic carbocycles. The molecule has 4 aromatic rings. The fourth-order valence-electron chi connectivity index (χ4n) is 3.70. The van der Waals surface area contributed by atoms with Crippen molar-refractivity contribution in [3.8, 4) is 5.75 Å². The largest absolute Gasteiger partial charge is 0.487 e. The highest BCUT2D eigenvalue weighted by atomic mass is 79.9. The molecule has 0 aliphatic rings. The van der Waals surface area contributed by atoms with Crippen LogP contribution in [0.1, 0.15) is 41.4 Å². The topological polar surface area (TPSA) is 87.2 Å². The van der Waals surface area contributed by atoms with Crippen LogP contribution in [0, 0.1) is 5.82 Å². The van der Waals surface area contributed by atoms with E-state index in [0.717, 1.165) is 31.6 Å². The van der Waals surface area contributed by atoms with Crippen molar-refractivity contribution in [2.75, 3.05) is 6.26 Å². The van der Waals surface area contributed by atoms with Crippen LogP contribution in [0.25, 0.3) is 12.2 Å². The number of unbranched alkanes of at least 4 members (excludes halogenated alkanes) is 1. The zero-order valence-corrected chi connectivity index (χ0v) is 22.7. The van der Waals surface area contributed by atoms with E-state index in [1.807, 2.05) is 35.0 Å². The Labute approximate surface area is 224 Å². The van der Waals surface area contributed by atoms with Gasteiger partial charge in [-0.1, -0.05) is 34.1 Å². The standard InChI is InChI=1S/C27H27BrFN3O4S/c1-37(33,34)19-26-30-13-15-32(26)14-3-2-4-20-5-10-24(11-6-20)35-17-23-18-36-27(31-23)12-8-21-7-9-22(28)16-25(21)29/h5-13,15-16,18H,2-4,14,17,19H2,1H3. The van der Waals surface area contributed by atoms with Gasteiger partial charge in [-0.15, -0.1) is 0 Å². The molecule has 2 heterocycles. The summed E-state index contributed by atoms with van der Waals surface area (Å²) in [6.45, 7) is 0.989. The molecular formula is C27H27BrFN3O4S. The van der Waals surface area contributed by atoms with E-state index in [0.29, 0.717) is 27.4 Å². The van der Waals surface area contributed by atoms with Gasteiger partial charge in [0.15, 0.2) is 9.84 Å². The molecule has 0 bridgehead atoms. The molecule has 0 atom stereocenters. The van der Waals surface area contributed by atoms with Crippen LogP contribution in [0.3, 0.4) is 0 Å². The molecule has 0 radical (unpaired) electrons. The molecule has 0 aliphatic heterocycles. The van der Waals surface area contributed by atoms with Crippen LogP contribution >= 0.6 is 15.9 Å². The van der Waals surface area contributed by atoms with Crippen molar-refractivity contribution in [2.45, 2.75) is 38.2 Å². The number of hydrogen-bond acceptors (Lipinski definition) is 6. The molecule has 0 unspecified atom stereocenters. The Bertz CT molecular complexity index is 1460. The van der Waals surface area contributed by atoms with Crippen molar-refractivity contribution in [3.63, 3.8) is 0 Å². The predicted octanol–water partition coefficient (Wildman–Crippen LogP) is 6.09. The molecule has 2 aromatic carbocycles. The Morgan fingerprint density at radius 1 is 1.14 bits per heavy atom. The van der Waals surface area contributed by atoms with Gasteiger partial charge in [-0.3, -0.25) is 0 Å². The maximum absolute atomic E-state index is 13.9. The van der Waals surface area contributed by atoms with Crippen molar-refractivity contribution in [1.29, 1.82) is 0 Å². The van der Waals surface area contributed by atoms with Crippen LogP contribution in [-0.4, -0.2) is 29.2 Å². The number of ether oxygens (including phenoxy) is 1. The van der Waals surface area contributed by atoms with Gasteiger partial charge in [-0.05, 0) is 55.2 Å². The average molecular weight is 588 g/mol. The normalized spacial score (nSPS) is 11.9. The van der Waals surface area contributed by atoms with Crippen LogP contribution in [0.5, 0.6) is 5.75 Å². The lowest BCUT2D eigenvalue weighted by molar-refractivity contribution is 0.301. The summed E-state index contributed by atoms with van der Waals surface area (Å²) in [5.74, 6) is 1.30. The van der Waals surface area contributed by atoms with Crippen molar-refractivity contribution in [3.05, 3.63) is 99.9 Å². The van der Waals surface area contributed by atoms with E-state index < -0.39 is 9.84 Å². The minimum atomic E-state index is -3.11. The summed E-state index contributed by atoms with van der Waals surface area (Å²) in [7, 11) is -3.11. The quantitative estimate of drug-likeness (QED) is 0.186. The third kappa shape index (κ3) is 8.40. The second kappa shape index (κ2) is 12.3. The molecular weight excluding hydrogens is 561 g/mol. The van der Waals surface area contributed by atoms with Gasteiger partial charge in [0.25, 0.3) is 0 Å². The first-order valence-corrected chi connectivity index (χ1v) is 14.6. The van der Waals surface area contributed by atoms with E-state index in [1.165, 1.54) is 24.1 Å². The molecule has 194 valence electrons. The van der Waals surface area contributed by atoms with Gasteiger partial charge in [-0.25, -0.2) is 22.8 Å². The molecule has 0 N–H and O–H groups in total. The molecule has 0 fully saturated rings. The van der Waals surface area contributed by atoms with Gasteiger partial charge in [-0.2, -0.15) is 0 Å². The van der Waals surface area contributed by atoms with Gasteiger partial charge in [0.2, 0.25) is 5.89 Å². The monoisotopic (exact) mass is 587 g/mol. The first-order chi connectivity index (χ1) is 17.7. The van der Waals surface area contributed by atoms with Crippen molar-refractivity contribution >= 4 is 37.9 Å². The highest BCUT2D eigenvalue weighted by Gasteiger charge is 2.10.